The van der Waals surface area contributed by atoms with Crippen LogP contribution in [-0.2, 0) is 33.7 Å². The molecule has 1 aliphatic heterocycles. The number of nitrogens with zero attached hydrogens (tertiary/aromatic N) is 3. The van der Waals surface area contributed by atoms with Gasteiger partial charge in [-0.15, -0.1) is 0 Å². The van der Waals surface area contributed by atoms with Gasteiger partial charge in [-0.2, -0.15) is 30.6 Å². The summed E-state index contributed by atoms with van der Waals surface area (Å²) in [7, 11) is -4.39. The average molecular weight is 559 g/mol. The first-order valence-corrected chi connectivity index (χ1v) is 12.7. The molecule has 38 heavy (non-hydrogen) atoms. The zero-order valence-electron chi connectivity index (χ0n) is 19.4. The molecule has 1 amide bonds. The van der Waals surface area contributed by atoms with Crippen molar-refractivity contribution < 1.29 is 39.6 Å². The molecular formula is C24H20F6N4O3S. The maximum atomic E-state index is 13.1. The number of hydrogen-bond donors (Lipinski definition) is 1. The molecule has 0 radical (unpaired) electrons. The highest BCUT2D eigenvalue weighted by molar-refractivity contribution is 7.89. The zero-order valence-corrected chi connectivity index (χ0v) is 20.2. The smallest absolute Gasteiger partial charge is 0.349 e. The lowest BCUT2D eigenvalue weighted by Crippen LogP contribution is -2.45. The third kappa shape index (κ3) is 5.96. The molecule has 2 aromatic carbocycles. The van der Waals surface area contributed by atoms with Crippen molar-refractivity contribution in [2.45, 2.75) is 42.7 Å². The van der Waals surface area contributed by atoms with Crippen LogP contribution in [0.5, 0.6) is 0 Å². The molecule has 4 rings (SSSR count). The van der Waals surface area contributed by atoms with Crippen molar-refractivity contribution in [1.29, 1.82) is 0 Å². The standard InChI is InChI=1S/C24H20F6N4O3S/c25-23(26,27)16-8-6-15(7-9-16)20-12-18(32-14-33-20)13-31-22(35)21-5-2-10-34(21)38(36,37)19-4-1-3-17(11-19)24(28,29)30/h1,3-4,6-9,11-12,14,21H,2,5,10,13H2,(H,31,35). The molecule has 3 aromatic rings. The number of aromatic nitrogens is 2. The van der Waals surface area contributed by atoms with Gasteiger partial charge >= 0.3 is 12.4 Å². The maximum absolute atomic E-state index is 13.1. The lowest BCUT2D eigenvalue weighted by atomic mass is 10.1. The molecule has 0 spiro atoms. The van der Waals surface area contributed by atoms with Crippen LogP contribution in [0.15, 0.2) is 65.8 Å². The molecule has 1 unspecified atom stereocenters. The fourth-order valence-corrected chi connectivity index (χ4v) is 5.74. The molecule has 1 atom stereocenters. The van der Waals surface area contributed by atoms with Crippen LogP contribution in [-0.4, -0.2) is 41.2 Å². The van der Waals surface area contributed by atoms with Gasteiger partial charge in [0, 0.05) is 12.1 Å². The molecule has 0 aliphatic carbocycles. The Morgan fingerprint density at radius 3 is 2.29 bits per heavy atom. The summed E-state index contributed by atoms with van der Waals surface area (Å²) in [6.45, 7) is -0.175. The quantitative estimate of drug-likeness (QED) is 0.445. The number of carbonyl (C=O) groups excluding carboxylic acids is 1. The Labute approximate surface area is 213 Å². The van der Waals surface area contributed by atoms with E-state index < -0.39 is 50.3 Å². The van der Waals surface area contributed by atoms with E-state index >= 15 is 0 Å². The normalized spacial score (nSPS) is 16.9. The van der Waals surface area contributed by atoms with Gasteiger partial charge in [0.15, 0.2) is 0 Å². The van der Waals surface area contributed by atoms with Crippen molar-refractivity contribution in [2.24, 2.45) is 0 Å². The summed E-state index contributed by atoms with van der Waals surface area (Å²) in [6.07, 6.45) is -7.53. The number of sulfonamides is 1. The summed E-state index contributed by atoms with van der Waals surface area (Å²) in [4.78, 5) is 20.4. The minimum absolute atomic E-state index is 0.0394. The van der Waals surface area contributed by atoms with Gasteiger partial charge in [0.2, 0.25) is 15.9 Å². The van der Waals surface area contributed by atoms with E-state index in [1.165, 1.54) is 24.5 Å². The molecule has 202 valence electrons. The van der Waals surface area contributed by atoms with Crippen LogP contribution in [0.1, 0.15) is 29.7 Å². The highest BCUT2D eigenvalue weighted by Crippen LogP contribution is 2.33. The lowest BCUT2D eigenvalue weighted by molar-refractivity contribution is -0.138. The average Bonchev–Trinajstić information content (AvgIpc) is 3.38. The number of alkyl halides is 6. The largest absolute Gasteiger partial charge is 0.416 e. The second-order valence-electron chi connectivity index (χ2n) is 8.49. The third-order valence-corrected chi connectivity index (χ3v) is 7.85. The van der Waals surface area contributed by atoms with Crippen molar-refractivity contribution in [2.75, 3.05) is 6.54 Å². The Balaban J connectivity index is 1.46. The summed E-state index contributed by atoms with van der Waals surface area (Å²) in [5.74, 6) is -0.659. The topological polar surface area (TPSA) is 92.3 Å². The fourth-order valence-electron chi connectivity index (χ4n) is 4.04. The molecule has 0 bridgehead atoms. The number of carbonyl (C=O) groups is 1. The second-order valence-corrected chi connectivity index (χ2v) is 10.4. The number of hydrogen-bond acceptors (Lipinski definition) is 5. The minimum Gasteiger partial charge on any atom is -0.349 e. The van der Waals surface area contributed by atoms with Gasteiger partial charge < -0.3 is 5.32 Å². The van der Waals surface area contributed by atoms with E-state index in [0.29, 0.717) is 29.4 Å². The molecule has 14 heteroatoms. The van der Waals surface area contributed by atoms with Gasteiger partial charge in [-0.25, -0.2) is 18.4 Å². The van der Waals surface area contributed by atoms with Crippen LogP contribution in [0.4, 0.5) is 26.3 Å². The Hall–Kier alpha value is -3.52. The summed E-state index contributed by atoms with van der Waals surface area (Å²) >= 11 is 0. The van der Waals surface area contributed by atoms with Crippen molar-refractivity contribution in [3.8, 4) is 11.3 Å². The molecular weight excluding hydrogens is 538 g/mol. The number of halogens is 6. The molecule has 1 aromatic heterocycles. The Bertz CT molecular complexity index is 1430. The van der Waals surface area contributed by atoms with Crippen LogP contribution in [0.3, 0.4) is 0 Å². The first-order chi connectivity index (χ1) is 17.8. The molecule has 1 fully saturated rings. The van der Waals surface area contributed by atoms with Crippen LogP contribution < -0.4 is 5.32 Å². The maximum Gasteiger partial charge on any atom is 0.416 e. The summed E-state index contributed by atoms with van der Waals surface area (Å²) in [6, 6.07) is 7.99. The van der Waals surface area contributed by atoms with Crippen molar-refractivity contribution in [3.05, 3.63) is 77.7 Å². The molecule has 1 saturated heterocycles. The predicted molar refractivity (Wildman–Crippen MR) is 123 cm³/mol. The third-order valence-electron chi connectivity index (χ3n) is 5.95. The van der Waals surface area contributed by atoms with E-state index in [2.05, 4.69) is 15.3 Å². The van der Waals surface area contributed by atoms with Crippen molar-refractivity contribution in [1.82, 2.24) is 19.6 Å². The SMILES string of the molecule is O=C(NCc1cc(-c2ccc(C(F)(F)F)cc2)ncn1)C1CCCN1S(=O)(=O)c1cccc(C(F)(F)F)c1. The van der Waals surface area contributed by atoms with E-state index in [4.69, 9.17) is 0 Å². The van der Waals surface area contributed by atoms with Gasteiger partial charge in [-0.05, 0) is 49.2 Å². The van der Waals surface area contributed by atoms with Gasteiger partial charge in [0.25, 0.3) is 0 Å². The molecule has 0 saturated carbocycles. The van der Waals surface area contributed by atoms with E-state index in [9.17, 15) is 39.6 Å². The van der Waals surface area contributed by atoms with Crippen LogP contribution >= 0.6 is 0 Å². The fraction of sp³-hybridized carbons (Fsp3) is 0.292. The van der Waals surface area contributed by atoms with Crippen LogP contribution in [0, 0.1) is 0 Å². The Morgan fingerprint density at radius 1 is 0.947 bits per heavy atom. The lowest BCUT2D eigenvalue weighted by Gasteiger charge is -2.23. The van der Waals surface area contributed by atoms with Crippen LogP contribution in [0.2, 0.25) is 0 Å². The summed E-state index contributed by atoms with van der Waals surface area (Å²) < 4.78 is 105. The second kappa shape index (κ2) is 10.3. The summed E-state index contributed by atoms with van der Waals surface area (Å²) in [5.41, 5.74) is -0.918. The highest BCUT2D eigenvalue weighted by Gasteiger charge is 2.40. The van der Waals surface area contributed by atoms with Crippen molar-refractivity contribution >= 4 is 15.9 Å². The van der Waals surface area contributed by atoms with E-state index in [1.54, 1.807) is 0 Å². The number of benzene rings is 2. The predicted octanol–water partition coefficient (Wildman–Crippen LogP) is 4.65. The number of nitrogens with one attached hydrogen (secondary N) is 1. The molecule has 7 nitrogen and oxygen atoms in total. The van der Waals surface area contributed by atoms with Crippen molar-refractivity contribution in [3.63, 3.8) is 0 Å². The monoisotopic (exact) mass is 558 g/mol. The Kier molecular flexibility index (Phi) is 7.48. The first kappa shape index (κ1) is 27.5. The van der Waals surface area contributed by atoms with Gasteiger partial charge in [0.1, 0.15) is 12.4 Å². The zero-order chi connectivity index (χ0) is 27.7. The van der Waals surface area contributed by atoms with E-state index in [1.807, 2.05) is 0 Å². The Morgan fingerprint density at radius 2 is 1.63 bits per heavy atom. The van der Waals surface area contributed by atoms with E-state index in [0.717, 1.165) is 34.6 Å². The molecule has 1 aliphatic rings. The minimum atomic E-state index is -4.73. The van der Waals surface area contributed by atoms with Gasteiger partial charge in [-0.1, -0.05) is 18.2 Å². The van der Waals surface area contributed by atoms with Gasteiger partial charge in [-0.3, -0.25) is 4.79 Å². The van der Waals surface area contributed by atoms with Crippen LogP contribution in [0.25, 0.3) is 11.3 Å². The van der Waals surface area contributed by atoms with E-state index in [-0.39, 0.29) is 19.5 Å². The first-order valence-electron chi connectivity index (χ1n) is 11.2. The van der Waals surface area contributed by atoms with Gasteiger partial charge in [0.05, 0.1) is 34.0 Å². The highest BCUT2D eigenvalue weighted by atomic mass is 32.2. The molecule has 2 heterocycles. The number of rotatable bonds is 6. The molecule has 1 N–H and O–H groups in total. The summed E-state index contributed by atoms with van der Waals surface area (Å²) in [5, 5.41) is 2.57. The number of amides is 1.